The summed E-state index contributed by atoms with van der Waals surface area (Å²) in [6, 6.07) is 0. The molecule has 0 fully saturated rings. The molecule has 0 aliphatic rings. The van der Waals surface area contributed by atoms with Gasteiger partial charge in [-0.3, -0.25) is 18.6 Å². The quantitative estimate of drug-likeness (QED) is 0.0221. The third-order valence-corrected chi connectivity index (χ3v) is 9.78. The Morgan fingerprint density at radius 1 is 0.600 bits per heavy atom. The molecule has 0 aliphatic heterocycles. The third kappa shape index (κ3) is 36.5. The smallest absolute Gasteiger partial charge is 0.462 e. The standard InChI is InChI=1S/C40H78NO8P/c1-6-8-10-12-14-16-18-20-21-23-24-26-28-30-32-39(42)46-36-38(37-48-50(44,45)47-35-34-41(3,4)5)49-40(43)33-31-29-27-25-22-19-17-15-13-11-9-7-2/h20-21,38H,6-19,22-37H2,1-5H3/p+1/b21-20-. The maximum atomic E-state index is 12.6. The number of carbonyl (C=O) groups is 2. The summed E-state index contributed by atoms with van der Waals surface area (Å²) in [6.45, 7) is 4.40. The van der Waals surface area contributed by atoms with Gasteiger partial charge in [0.2, 0.25) is 0 Å². The Morgan fingerprint density at radius 3 is 1.48 bits per heavy atom. The van der Waals surface area contributed by atoms with Crippen LogP contribution in [0.5, 0.6) is 0 Å². The van der Waals surface area contributed by atoms with Crippen LogP contribution in [0.4, 0.5) is 0 Å². The Kier molecular flexibility index (Phi) is 32.7. The molecule has 0 rings (SSSR count). The number of quaternary nitrogens is 1. The van der Waals surface area contributed by atoms with Crippen molar-refractivity contribution in [3.05, 3.63) is 12.2 Å². The zero-order valence-corrected chi connectivity index (χ0v) is 34.0. The first-order valence-electron chi connectivity index (χ1n) is 20.4. The average Bonchev–Trinajstić information content (AvgIpc) is 3.06. The van der Waals surface area contributed by atoms with Gasteiger partial charge in [-0.2, -0.15) is 0 Å². The van der Waals surface area contributed by atoms with Crippen molar-refractivity contribution in [3.8, 4) is 0 Å². The Bertz CT molecular complexity index is 876. The van der Waals surface area contributed by atoms with Gasteiger partial charge in [-0.25, -0.2) is 4.57 Å². The fourth-order valence-corrected chi connectivity index (χ4v) is 6.28. The van der Waals surface area contributed by atoms with Crippen molar-refractivity contribution in [3.63, 3.8) is 0 Å². The fraction of sp³-hybridized carbons (Fsp3) is 0.900. The van der Waals surface area contributed by atoms with Gasteiger partial charge in [0.25, 0.3) is 0 Å². The van der Waals surface area contributed by atoms with E-state index < -0.39 is 26.5 Å². The third-order valence-electron chi connectivity index (χ3n) is 8.80. The van der Waals surface area contributed by atoms with Crippen molar-refractivity contribution in [2.75, 3.05) is 47.5 Å². The van der Waals surface area contributed by atoms with Crippen LogP contribution in [0.25, 0.3) is 0 Å². The lowest BCUT2D eigenvalue weighted by atomic mass is 10.0. The molecular weight excluding hydrogens is 653 g/mol. The highest BCUT2D eigenvalue weighted by Gasteiger charge is 2.27. The number of likely N-dealkylation sites (N-methyl/N-ethyl adjacent to an activating group) is 1. The SMILES string of the molecule is CCCCCCCC/C=C\CCCCCCC(=O)OCC(COP(=O)(O)OCC[N+](C)(C)C)OC(=O)CCCCCCCCCCCCCC. The summed E-state index contributed by atoms with van der Waals surface area (Å²) in [4.78, 5) is 35.2. The second-order valence-electron chi connectivity index (χ2n) is 15.0. The molecule has 0 aliphatic carbocycles. The van der Waals surface area contributed by atoms with Crippen LogP contribution in [0.3, 0.4) is 0 Å². The van der Waals surface area contributed by atoms with Gasteiger partial charge < -0.3 is 18.9 Å². The number of carbonyl (C=O) groups excluding carboxylic acids is 2. The van der Waals surface area contributed by atoms with Crippen molar-refractivity contribution < 1.29 is 42.1 Å². The molecule has 1 N–H and O–H groups in total. The molecule has 2 atom stereocenters. The fourth-order valence-electron chi connectivity index (χ4n) is 5.54. The Hall–Kier alpha value is -1.25. The summed E-state index contributed by atoms with van der Waals surface area (Å²) in [5.41, 5.74) is 0. The van der Waals surface area contributed by atoms with Crippen LogP contribution >= 0.6 is 7.82 Å². The van der Waals surface area contributed by atoms with Gasteiger partial charge >= 0.3 is 19.8 Å². The van der Waals surface area contributed by atoms with E-state index in [1.165, 1.54) is 96.3 Å². The molecule has 0 amide bonds. The van der Waals surface area contributed by atoms with E-state index in [1.807, 2.05) is 21.1 Å². The minimum Gasteiger partial charge on any atom is -0.462 e. The number of unbranched alkanes of at least 4 members (excludes halogenated alkanes) is 21. The number of esters is 2. The minimum atomic E-state index is -4.36. The van der Waals surface area contributed by atoms with Gasteiger partial charge in [0.15, 0.2) is 6.10 Å². The van der Waals surface area contributed by atoms with E-state index in [-0.39, 0.29) is 32.0 Å². The van der Waals surface area contributed by atoms with Crippen molar-refractivity contribution in [2.24, 2.45) is 0 Å². The lowest BCUT2D eigenvalue weighted by molar-refractivity contribution is -0.870. The van der Waals surface area contributed by atoms with E-state index in [0.29, 0.717) is 17.4 Å². The number of ether oxygens (including phenoxy) is 2. The number of hydrogen-bond acceptors (Lipinski definition) is 7. The van der Waals surface area contributed by atoms with Crippen LogP contribution in [0.1, 0.15) is 181 Å². The van der Waals surface area contributed by atoms with Gasteiger partial charge in [-0.1, -0.05) is 142 Å². The number of phosphoric acid groups is 1. The van der Waals surface area contributed by atoms with Gasteiger partial charge in [0.1, 0.15) is 19.8 Å². The van der Waals surface area contributed by atoms with Crippen LogP contribution in [-0.2, 0) is 32.7 Å². The molecule has 0 aromatic heterocycles. The molecular formula is C40H79NO8P+. The highest BCUT2D eigenvalue weighted by atomic mass is 31.2. The molecule has 0 bridgehead atoms. The number of phosphoric ester groups is 1. The van der Waals surface area contributed by atoms with E-state index in [2.05, 4.69) is 26.0 Å². The van der Waals surface area contributed by atoms with E-state index in [0.717, 1.165) is 51.4 Å². The van der Waals surface area contributed by atoms with Crippen LogP contribution in [-0.4, -0.2) is 74.9 Å². The summed E-state index contributed by atoms with van der Waals surface area (Å²) >= 11 is 0. The summed E-state index contributed by atoms with van der Waals surface area (Å²) in [7, 11) is 1.48. The normalized spacial score (nSPS) is 13.8. The zero-order chi connectivity index (χ0) is 37.2. The molecule has 0 aromatic carbocycles. The maximum absolute atomic E-state index is 12.6. The predicted molar refractivity (Wildman–Crippen MR) is 206 cm³/mol. The largest absolute Gasteiger partial charge is 0.472 e. The van der Waals surface area contributed by atoms with E-state index in [1.54, 1.807) is 0 Å². The van der Waals surface area contributed by atoms with Crippen LogP contribution in [0, 0.1) is 0 Å². The van der Waals surface area contributed by atoms with Crippen molar-refractivity contribution >= 4 is 19.8 Å². The summed E-state index contributed by atoms with van der Waals surface area (Å²) in [5.74, 6) is -0.807. The van der Waals surface area contributed by atoms with Crippen molar-refractivity contribution in [2.45, 2.75) is 187 Å². The van der Waals surface area contributed by atoms with E-state index in [9.17, 15) is 19.0 Å². The number of nitrogens with zero attached hydrogens (tertiary/aromatic N) is 1. The van der Waals surface area contributed by atoms with Crippen LogP contribution in [0.15, 0.2) is 12.2 Å². The molecule has 0 aromatic rings. The molecule has 50 heavy (non-hydrogen) atoms. The van der Waals surface area contributed by atoms with Crippen LogP contribution < -0.4 is 0 Å². The summed E-state index contributed by atoms with van der Waals surface area (Å²) in [6.07, 6.45) is 32.5. The first kappa shape index (κ1) is 48.8. The minimum absolute atomic E-state index is 0.0329. The number of allylic oxidation sites excluding steroid dienone is 2. The molecule has 10 heteroatoms. The lowest BCUT2D eigenvalue weighted by Gasteiger charge is -2.24. The number of hydrogen-bond donors (Lipinski definition) is 1. The Balaban J connectivity index is 4.40. The molecule has 296 valence electrons. The number of rotatable bonds is 37. The summed E-state index contributed by atoms with van der Waals surface area (Å²) < 4.78 is 34.2. The Morgan fingerprint density at radius 2 is 1.02 bits per heavy atom. The van der Waals surface area contributed by atoms with Gasteiger partial charge in [-0.15, -0.1) is 0 Å². The molecule has 0 saturated heterocycles. The molecule has 9 nitrogen and oxygen atoms in total. The highest BCUT2D eigenvalue weighted by molar-refractivity contribution is 7.47. The van der Waals surface area contributed by atoms with Gasteiger partial charge in [0.05, 0.1) is 27.7 Å². The second-order valence-corrected chi connectivity index (χ2v) is 16.5. The van der Waals surface area contributed by atoms with E-state index >= 15 is 0 Å². The average molecular weight is 733 g/mol. The predicted octanol–water partition coefficient (Wildman–Crippen LogP) is 11.0. The molecule has 0 heterocycles. The van der Waals surface area contributed by atoms with Crippen molar-refractivity contribution in [1.82, 2.24) is 0 Å². The maximum Gasteiger partial charge on any atom is 0.472 e. The van der Waals surface area contributed by atoms with Gasteiger partial charge in [0, 0.05) is 12.8 Å². The van der Waals surface area contributed by atoms with Gasteiger partial charge in [-0.05, 0) is 38.5 Å². The second kappa shape index (κ2) is 33.6. The van der Waals surface area contributed by atoms with Crippen LogP contribution in [0.2, 0.25) is 0 Å². The highest BCUT2D eigenvalue weighted by Crippen LogP contribution is 2.43. The molecule has 0 saturated carbocycles. The molecule has 2 unspecified atom stereocenters. The first-order chi connectivity index (χ1) is 24.0. The molecule has 0 radical (unpaired) electrons. The summed E-state index contributed by atoms with van der Waals surface area (Å²) in [5, 5.41) is 0. The first-order valence-corrected chi connectivity index (χ1v) is 21.9. The zero-order valence-electron chi connectivity index (χ0n) is 33.1. The molecule has 0 spiro atoms. The van der Waals surface area contributed by atoms with E-state index in [4.69, 9.17) is 18.5 Å². The Labute approximate surface area is 307 Å². The monoisotopic (exact) mass is 733 g/mol. The topological polar surface area (TPSA) is 108 Å². The van der Waals surface area contributed by atoms with Crippen molar-refractivity contribution in [1.29, 1.82) is 0 Å². The lowest BCUT2D eigenvalue weighted by Crippen LogP contribution is -2.37.